The van der Waals surface area contributed by atoms with Gasteiger partial charge in [0.2, 0.25) is 0 Å². The predicted molar refractivity (Wildman–Crippen MR) is 362 cm³/mol. The molecule has 0 aliphatic carbocycles. The van der Waals surface area contributed by atoms with Crippen molar-refractivity contribution in [1.82, 2.24) is 0 Å². The van der Waals surface area contributed by atoms with Gasteiger partial charge in [-0.05, 0) is 103 Å². The fourth-order valence-corrected chi connectivity index (χ4v) is 10.1. The van der Waals surface area contributed by atoms with E-state index in [4.69, 9.17) is 14.2 Å². The van der Waals surface area contributed by atoms with Crippen LogP contribution in [0.3, 0.4) is 0 Å². The number of carbonyl (C=O) groups is 3. The summed E-state index contributed by atoms with van der Waals surface area (Å²) < 4.78 is 17.0. The molecule has 0 bridgehead atoms. The van der Waals surface area contributed by atoms with Crippen molar-refractivity contribution in [1.29, 1.82) is 0 Å². The van der Waals surface area contributed by atoms with E-state index in [-0.39, 0.29) is 31.1 Å². The highest BCUT2D eigenvalue weighted by molar-refractivity contribution is 5.71. The minimum Gasteiger partial charge on any atom is -0.462 e. The number of rotatable bonds is 64. The molecule has 476 valence electrons. The van der Waals surface area contributed by atoms with Crippen LogP contribution in [0.1, 0.15) is 342 Å². The Hall–Kier alpha value is -3.93. The third-order valence-electron chi connectivity index (χ3n) is 15.3. The minimum absolute atomic E-state index is 0.0794. The third kappa shape index (κ3) is 68.7. The number of unbranched alkanes of at least 4 members (excludes halogenated alkanes) is 35. The second-order valence-electron chi connectivity index (χ2n) is 23.4. The number of esters is 3. The molecule has 0 radical (unpaired) electrons. The van der Waals surface area contributed by atoms with E-state index in [1.807, 2.05) is 0 Å². The molecule has 0 rings (SSSR count). The van der Waals surface area contributed by atoms with Crippen LogP contribution in [0.5, 0.6) is 0 Å². The van der Waals surface area contributed by atoms with Gasteiger partial charge in [0.15, 0.2) is 6.10 Å². The zero-order chi connectivity index (χ0) is 59.9. The first kappa shape index (κ1) is 79.1. The van der Waals surface area contributed by atoms with E-state index in [1.54, 1.807) is 0 Å². The van der Waals surface area contributed by atoms with Gasteiger partial charge >= 0.3 is 17.9 Å². The Kier molecular flexibility index (Phi) is 67.2. The van der Waals surface area contributed by atoms with E-state index in [2.05, 4.69) is 130 Å². The summed E-state index contributed by atoms with van der Waals surface area (Å²) in [6, 6.07) is 0. The smallest absolute Gasteiger partial charge is 0.306 e. The zero-order valence-corrected chi connectivity index (χ0v) is 54.7. The topological polar surface area (TPSA) is 78.9 Å². The minimum atomic E-state index is -0.786. The summed E-state index contributed by atoms with van der Waals surface area (Å²) >= 11 is 0. The van der Waals surface area contributed by atoms with Gasteiger partial charge in [0.05, 0.1) is 0 Å². The molecule has 0 aromatic carbocycles. The molecular formula is C77H132O6. The van der Waals surface area contributed by atoms with E-state index < -0.39 is 6.10 Å². The van der Waals surface area contributed by atoms with E-state index in [9.17, 15) is 14.4 Å². The van der Waals surface area contributed by atoms with Gasteiger partial charge in [0.25, 0.3) is 0 Å². The Morgan fingerprint density at radius 3 is 0.735 bits per heavy atom. The molecule has 0 aromatic rings. The highest BCUT2D eigenvalue weighted by atomic mass is 16.6. The van der Waals surface area contributed by atoms with Crippen molar-refractivity contribution in [2.75, 3.05) is 13.2 Å². The van der Waals surface area contributed by atoms with Gasteiger partial charge in [0, 0.05) is 19.3 Å². The zero-order valence-electron chi connectivity index (χ0n) is 54.7. The molecular weight excluding hydrogens is 1020 g/mol. The molecule has 0 saturated heterocycles. The van der Waals surface area contributed by atoms with Crippen molar-refractivity contribution >= 4 is 17.9 Å². The van der Waals surface area contributed by atoms with Crippen molar-refractivity contribution < 1.29 is 28.6 Å². The Bertz CT molecular complexity index is 1660. The quantitative estimate of drug-likeness (QED) is 0.0261. The molecule has 0 fully saturated rings. The second kappa shape index (κ2) is 70.6. The predicted octanol–water partition coefficient (Wildman–Crippen LogP) is 24.6. The number of carbonyl (C=O) groups excluding carboxylic acids is 3. The van der Waals surface area contributed by atoms with Gasteiger partial charge in [-0.2, -0.15) is 0 Å². The van der Waals surface area contributed by atoms with Crippen molar-refractivity contribution in [3.05, 3.63) is 109 Å². The van der Waals surface area contributed by atoms with Gasteiger partial charge in [-0.3, -0.25) is 14.4 Å². The molecule has 0 N–H and O–H groups in total. The summed E-state index contributed by atoms with van der Waals surface area (Å²) in [7, 11) is 0. The molecule has 6 nitrogen and oxygen atoms in total. The van der Waals surface area contributed by atoms with E-state index >= 15 is 0 Å². The van der Waals surface area contributed by atoms with Crippen LogP contribution in [0.15, 0.2) is 109 Å². The van der Waals surface area contributed by atoms with Crippen molar-refractivity contribution in [3.8, 4) is 0 Å². The molecule has 1 atom stereocenters. The number of hydrogen-bond donors (Lipinski definition) is 0. The van der Waals surface area contributed by atoms with Gasteiger partial charge in [-0.1, -0.05) is 329 Å². The van der Waals surface area contributed by atoms with Crippen LogP contribution < -0.4 is 0 Å². The third-order valence-corrected chi connectivity index (χ3v) is 15.3. The molecule has 0 heterocycles. The van der Waals surface area contributed by atoms with Crippen LogP contribution in [0.25, 0.3) is 0 Å². The number of ether oxygens (including phenoxy) is 3. The highest BCUT2D eigenvalue weighted by Gasteiger charge is 2.19. The molecule has 0 amide bonds. The summed E-state index contributed by atoms with van der Waals surface area (Å²) in [5, 5.41) is 0. The van der Waals surface area contributed by atoms with Gasteiger partial charge in [-0.25, -0.2) is 0 Å². The normalized spacial score (nSPS) is 12.8. The summed E-state index contributed by atoms with van der Waals surface area (Å²) in [6.45, 7) is 6.45. The summed E-state index contributed by atoms with van der Waals surface area (Å²) in [5.74, 6) is -0.874. The Morgan fingerprint density at radius 2 is 0.470 bits per heavy atom. The van der Waals surface area contributed by atoms with Crippen molar-refractivity contribution in [2.24, 2.45) is 0 Å². The molecule has 0 aliphatic heterocycles. The SMILES string of the molecule is CC/C=C\C/C=C\C/C=C\C/C=C\C/C=C\CCCCCCCCCC(=O)OC(COC(=O)CCCCCCCCCCCCCCCCC)COC(=O)CCCCCCCCCCCCCCCC/C=C\C/C=C\C/C=C\C/C=C\CC. The molecule has 83 heavy (non-hydrogen) atoms. The van der Waals surface area contributed by atoms with Gasteiger partial charge < -0.3 is 14.2 Å². The van der Waals surface area contributed by atoms with Crippen LogP contribution in [0.2, 0.25) is 0 Å². The molecule has 0 saturated carbocycles. The lowest BCUT2D eigenvalue weighted by Crippen LogP contribution is -2.30. The van der Waals surface area contributed by atoms with Gasteiger partial charge in [0.1, 0.15) is 13.2 Å². The first-order valence-corrected chi connectivity index (χ1v) is 35.4. The summed E-state index contributed by atoms with van der Waals surface area (Å²) in [5.41, 5.74) is 0. The Morgan fingerprint density at radius 1 is 0.253 bits per heavy atom. The second-order valence-corrected chi connectivity index (χ2v) is 23.4. The van der Waals surface area contributed by atoms with E-state index in [0.29, 0.717) is 19.3 Å². The largest absolute Gasteiger partial charge is 0.462 e. The Balaban J connectivity index is 4.33. The van der Waals surface area contributed by atoms with E-state index in [1.165, 1.54) is 180 Å². The number of allylic oxidation sites excluding steroid dienone is 18. The van der Waals surface area contributed by atoms with Crippen LogP contribution in [-0.4, -0.2) is 37.2 Å². The Labute approximate surface area is 514 Å². The molecule has 0 aliphatic rings. The maximum absolute atomic E-state index is 13.0. The maximum atomic E-state index is 13.0. The maximum Gasteiger partial charge on any atom is 0.306 e. The average Bonchev–Trinajstić information content (AvgIpc) is 3.49. The monoisotopic (exact) mass is 1150 g/mol. The molecule has 1 unspecified atom stereocenters. The van der Waals surface area contributed by atoms with Crippen molar-refractivity contribution in [2.45, 2.75) is 348 Å². The van der Waals surface area contributed by atoms with Crippen LogP contribution >= 0.6 is 0 Å². The lowest BCUT2D eigenvalue weighted by Gasteiger charge is -2.18. The fraction of sp³-hybridized carbons (Fsp3) is 0.727. The summed E-state index contributed by atoms with van der Waals surface area (Å²) in [4.78, 5) is 38.5. The first-order valence-electron chi connectivity index (χ1n) is 35.4. The van der Waals surface area contributed by atoms with Crippen LogP contribution in [0.4, 0.5) is 0 Å². The molecule has 6 heteroatoms. The lowest BCUT2D eigenvalue weighted by molar-refractivity contribution is -0.167. The van der Waals surface area contributed by atoms with Crippen molar-refractivity contribution in [3.63, 3.8) is 0 Å². The average molecular weight is 1150 g/mol. The molecule has 0 aromatic heterocycles. The van der Waals surface area contributed by atoms with Gasteiger partial charge in [-0.15, -0.1) is 0 Å². The highest BCUT2D eigenvalue weighted by Crippen LogP contribution is 2.17. The van der Waals surface area contributed by atoms with Crippen LogP contribution in [0, 0.1) is 0 Å². The lowest BCUT2D eigenvalue weighted by atomic mass is 10.0. The number of hydrogen-bond acceptors (Lipinski definition) is 6. The van der Waals surface area contributed by atoms with E-state index in [0.717, 1.165) is 122 Å². The van der Waals surface area contributed by atoms with Crippen LogP contribution in [-0.2, 0) is 28.6 Å². The summed E-state index contributed by atoms with van der Waals surface area (Å²) in [6.07, 6.45) is 96.8. The first-order chi connectivity index (χ1) is 41.0. The standard InChI is InChI=1S/C77H132O6/c1-4-7-10-13-16-19-22-25-28-30-32-34-36-37-38-39-41-42-44-46-49-52-55-58-61-64-67-70-76(79)82-73-74(72-81-75(78)69-66-63-60-57-54-51-48-27-24-21-18-15-12-9-6-3)83-77(80)71-68-65-62-59-56-53-50-47-45-43-40-35-33-31-29-26-23-20-17-14-11-8-5-2/h7-8,10-11,16-17,19-20,25-26,28-29,32-35,43,45,74H,4-6,9,12-15,18,21-24,27,30-31,36-42,44,46-73H2,1-3H3/b10-7-,11-8-,19-16-,20-17-,28-25-,29-26-,34-32-,35-33-,45-43-. The fourth-order valence-electron chi connectivity index (χ4n) is 10.1. The molecule has 0 spiro atoms.